The van der Waals surface area contributed by atoms with E-state index in [9.17, 15) is 4.79 Å². The predicted octanol–water partition coefficient (Wildman–Crippen LogP) is 2.38. The second-order valence-electron chi connectivity index (χ2n) is 5.01. The second kappa shape index (κ2) is 7.49. The lowest BCUT2D eigenvalue weighted by Gasteiger charge is -2.18. The summed E-state index contributed by atoms with van der Waals surface area (Å²) in [5.74, 6) is 0.805. The Morgan fingerprint density at radius 3 is 2.59 bits per heavy atom. The van der Waals surface area contributed by atoms with Crippen LogP contribution in [0.1, 0.15) is 30.6 Å². The monoisotopic (exact) mass is 302 g/mol. The van der Waals surface area contributed by atoms with Crippen molar-refractivity contribution in [3.63, 3.8) is 0 Å². The zero-order valence-corrected chi connectivity index (χ0v) is 13.2. The fraction of sp³-hybridized carbons (Fsp3) is 0.375. The van der Waals surface area contributed by atoms with E-state index in [1.807, 2.05) is 44.3 Å². The van der Waals surface area contributed by atoms with Crippen LogP contribution < -0.4 is 15.4 Å². The van der Waals surface area contributed by atoms with E-state index in [0.29, 0.717) is 6.54 Å². The summed E-state index contributed by atoms with van der Waals surface area (Å²) >= 11 is 0. The Bertz CT molecular complexity index is 607. The molecule has 2 rings (SSSR count). The topological polar surface area (TPSA) is 68.2 Å². The molecule has 1 unspecified atom stereocenters. The largest absolute Gasteiger partial charge is 0.497 e. The molecule has 2 aromatic rings. The van der Waals surface area contributed by atoms with Gasteiger partial charge in [-0.2, -0.15) is 5.10 Å². The number of nitrogens with one attached hydrogen (secondary N) is 2. The molecule has 0 aliphatic heterocycles. The molecule has 0 bridgehead atoms. The minimum Gasteiger partial charge on any atom is -0.497 e. The van der Waals surface area contributed by atoms with E-state index in [2.05, 4.69) is 15.7 Å². The summed E-state index contributed by atoms with van der Waals surface area (Å²) in [5, 5.41) is 9.90. The summed E-state index contributed by atoms with van der Waals surface area (Å²) < 4.78 is 6.88. The molecule has 1 aromatic carbocycles. The lowest BCUT2D eigenvalue weighted by atomic mass is 10.0. The van der Waals surface area contributed by atoms with E-state index in [-0.39, 0.29) is 12.1 Å². The number of nitrogens with zero attached hydrogens (tertiary/aromatic N) is 2. The maximum absolute atomic E-state index is 12.0. The van der Waals surface area contributed by atoms with Crippen molar-refractivity contribution in [1.29, 1.82) is 0 Å². The second-order valence-corrected chi connectivity index (χ2v) is 5.01. The molecular weight excluding hydrogens is 280 g/mol. The van der Waals surface area contributed by atoms with Gasteiger partial charge >= 0.3 is 6.03 Å². The lowest BCUT2D eigenvalue weighted by Crippen LogP contribution is -2.37. The number of aromatic nitrogens is 2. The Labute approximate surface area is 130 Å². The lowest BCUT2D eigenvalue weighted by molar-refractivity contribution is 0.236. The van der Waals surface area contributed by atoms with Crippen LogP contribution in [0, 0.1) is 0 Å². The summed E-state index contributed by atoms with van der Waals surface area (Å²) in [5.41, 5.74) is 2.01. The van der Waals surface area contributed by atoms with Gasteiger partial charge in [0.15, 0.2) is 0 Å². The number of hydrogen-bond donors (Lipinski definition) is 2. The number of hydrogen-bond acceptors (Lipinski definition) is 3. The third-order valence-electron chi connectivity index (χ3n) is 3.58. The Morgan fingerprint density at radius 2 is 2.05 bits per heavy atom. The summed E-state index contributed by atoms with van der Waals surface area (Å²) in [7, 11) is 3.48. The maximum atomic E-state index is 12.0. The van der Waals surface area contributed by atoms with Crippen LogP contribution in [0.5, 0.6) is 5.75 Å². The highest BCUT2D eigenvalue weighted by molar-refractivity contribution is 5.74. The van der Waals surface area contributed by atoms with Gasteiger partial charge in [0.05, 0.1) is 25.4 Å². The van der Waals surface area contributed by atoms with Crippen molar-refractivity contribution in [2.24, 2.45) is 7.05 Å². The van der Waals surface area contributed by atoms with Crippen molar-refractivity contribution in [1.82, 2.24) is 20.4 Å². The summed E-state index contributed by atoms with van der Waals surface area (Å²) in [6.07, 6.45) is 2.52. The minimum atomic E-state index is -0.191. The summed E-state index contributed by atoms with van der Waals surface area (Å²) in [6.45, 7) is 2.48. The van der Waals surface area contributed by atoms with Gasteiger partial charge in [0.25, 0.3) is 0 Å². The number of aryl methyl sites for hydroxylation is 1. The van der Waals surface area contributed by atoms with Crippen molar-refractivity contribution >= 4 is 6.03 Å². The molecule has 1 heterocycles. The molecule has 0 aliphatic carbocycles. The van der Waals surface area contributed by atoms with Crippen molar-refractivity contribution in [2.45, 2.75) is 25.9 Å². The fourth-order valence-electron chi connectivity index (χ4n) is 2.21. The highest BCUT2D eigenvalue weighted by Crippen LogP contribution is 2.19. The first-order valence-corrected chi connectivity index (χ1v) is 7.29. The smallest absolute Gasteiger partial charge is 0.315 e. The fourth-order valence-corrected chi connectivity index (χ4v) is 2.21. The molecule has 2 amide bonds. The summed E-state index contributed by atoms with van der Waals surface area (Å²) in [4.78, 5) is 12.0. The van der Waals surface area contributed by atoms with Crippen LogP contribution >= 0.6 is 0 Å². The van der Waals surface area contributed by atoms with Gasteiger partial charge in [0.1, 0.15) is 5.75 Å². The highest BCUT2D eigenvalue weighted by Gasteiger charge is 2.12. The van der Waals surface area contributed by atoms with Crippen LogP contribution in [-0.4, -0.2) is 22.9 Å². The first-order chi connectivity index (χ1) is 10.6. The third-order valence-corrected chi connectivity index (χ3v) is 3.58. The van der Waals surface area contributed by atoms with E-state index in [0.717, 1.165) is 23.4 Å². The molecule has 0 fully saturated rings. The van der Waals surface area contributed by atoms with E-state index < -0.39 is 0 Å². The number of benzene rings is 1. The van der Waals surface area contributed by atoms with Gasteiger partial charge in [-0.1, -0.05) is 19.1 Å². The quantitative estimate of drug-likeness (QED) is 0.861. The van der Waals surface area contributed by atoms with Crippen LogP contribution in [0.25, 0.3) is 0 Å². The molecule has 6 heteroatoms. The molecule has 0 saturated carbocycles. The van der Waals surface area contributed by atoms with Crippen LogP contribution in [-0.2, 0) is 13.6 Å². The SMILES string of the molecule is CCC(NC(=O)NCc1ccnn1C)c1ccc(OC)cc1. The van der Waals surface area contributed by atoms with E-state index >= 15 is 0 Å². The van der Waals surface area contributed by atoms with Crippen molar-refractivity contribution in [2.75, 3.05) is 7.11 Å². The number of rotatable bonds is 6. The van der Waals surface area contributed by atoms with Crippen molar-refractivity contribution in [3.8, 4) is 5.75 Å². The van der Waals surface area contributed by atoms with Gasteiger partial charge in [0, 0.05) is 13.2 Å². The molecule has 118 valence electrons. The molecule has 1 aromatic heterocycles. The molecular formula is C16H22N4O2. The van der Waals surface area contributed by atoms with E-state index in [1.165, 1.54) is 0 Å². The third kappa shape index (κ3) is 4.00. The molecule has 1 atom stereocenters. The molecule has 22 heavy (non-hydrogen) atoms. The zero-order valence-electron chi connectivity index (χ0n) is 13.2. The van der Waals surface area contributed by atoms with Gasteiger partial charge < -0.3 is 15.4 Å². The molecule has 0 spiro atoms. The van der Waals surface area contributed by atoms with Gasteiger partial charge in [-0.3, -0.25) is 4.68 Å². The van der Waals surface area contributed by atoms with Crippen LogP contribution in [0.3, 0.4) is 0 Å². The van der Waals surface area contributed by atoms with E-state index in [1.54, 1.807) is 18.0 Å². The molecule has 2 N–H and O–H groups in total. The van der Waals surface area contributed by atoms with Gasteiger partial charge in [-0.25, -0.2) is 4.79 Å². The normalized spacial score (nSPS) is 11.8. The number of carbonyl (C=O) groups is 1. The minimum absolute atomic E-state index is 0.0301. The number of ether oxygens (including phenoxy) is 1. The highest BCUT2D eigenvalue weighted by atomic mass is 16.5. The Hall–Kier alpha value is -2.50. The summed E-state index contributed by atoms with van der Waals surface area (Å²) in [6, 6.07) is 9.38. The maximum Gasteiger partial charge on any atom is 0.315 e. The average Bonchev–Trinajstić information content (AvgIpc) is 2.96. The zero-order chi connectivity index (χ0) is 15.9. The number of urea groups is 1. The standard InChI is InChI=1S/C16H22N4O2/c1-4-15(12-5-7-14(22-3)8-6-12)19-16(21)17-11-13-9-10-18-20(13)2/h5-10,15H,4,11H2,1-3H3,(H2,17,19,21). The first kappa shape index (κ1) is 15.9. The van der Waals surface area contributed by atoms with E-state index in [4.69, 9.17) is 4.74 Å². The van der Waals surface area contributed by atoms with Crippen molar-refractivity contribution < 1.29 is 9.53 Å². The number of carbonyl (C=O) groups excluding carboxylic acids is 1. The molecule has 6 nitrogen and oxygen atoms in total. The van der Waals surface area contributed by atoms with Crippen molar-refractivity contribution in [3.05, 3.63) is 47.8 Å². The number of amides is 2. The van der Waals surface area contributed by atoms with Gasteiger partial charge in [0.2, 0.25) is 0 Å². The van der Waals surface area contributed by atoms with Crippen LogP contribution in [0.2, 0.25) is 0 Å². The predicted molar refractivity (Wildman–Crippen MR) is 84.6 cm³/mol. The first-order valence-electron chi connectivity index (χ1n) is 7.29. The Morgan fingerprint density at radius 1 is 1.32 bits per heavy atom. The van der Waals surface area contributed by atoms with Gasteiger partial charge in [-0.15, -0.1) is 0 Å². The Balaban J connectivity index is 1.91. The van der Waals surface area contributed by atoms with Crippen LogP contribution in [0.15, 0.2) is 36.5 Å². The Kier molecular flexibility index (Phi) is 5.41. The van der Waals surface area contributed by atoms with Gasteiger partial charge in [-0.05, 0) is 30.2 Å². The molecule has 0 aliphatic rings. The number of methoxy groups -OCH3 is 1. The molecule has 0 saturated heterocycles. The average molecular weight is 302 g/mol. The molecule has 0 radical (unpaired) electrons. The van der Waals surface area contributed by atoms with Crippen LogP contribution in [0.4, 0.5) is 4.79 Å².